The first-order chi connectivity index (χ1) is 11.1. The molecule has 0 spiro atoms. The molecule has 0 saturated carbocycles. The van der Waals surface area contributed by atoms with Crippen molar-refractivity contribution >= 4 is 38.3 Å². The van der Waals surface area contributed by atoms with Crippen molar-refractivity contribution in [3.05, 3.63) is 70.7 Å². The maximum atomic E-state index is 12.0. The SMILES string of the molecule is Cc1ccc(OCC(=O)Nc2ccc3ccccc3c2)c(Br)c1. The molecule has 0 unspecified atom stereocenters. The van der Waals surface area contributed by atoms with E-state index in [1.54, 1.807) is 0 Å². The number of aryl methyl sites for hydroxylation is 1. The molecule has 1 N–H and O–H groups in total. The van der Waals surface area contributed by atoms with Gasteiger partial charge in [0.1, 0.15) is 5.75 Å². The molecule has 3 rings (SSSR count). The molecule has 3 aromatic carbocycles. The normalized spacial score (nSPS) is 10.5. The van der Waals surface area contributed by atoms with Gasteiger partial charge in [0.25, 0.3) is 5.91 Å². The van der Waals surface area contributed by atoms with Crippen molar-refractivity contribution in [2.45, 2.75) is 6.92 Å². The Balaban J connectivity index is 1.64. The molecule has 0 atom stereocenters. The number of hydrogen-bond acceptors (Lipinski definition) is 2. The number of hydrogen-bond donors (Lipinski definition) is 1. The Bertz CT molecular complexity index is 861. The average Bonchev–Trinajstić information content (AvgIpc) is 2.54. The summed E-state index contributed by atoms with van der Waals surface area (Å²) in [5.41, 5.74) is 1.89. The van der Waals surface area contributed by atoms with Gasteiger partial charge in [-0.2, -0.15) is 0 Å². The van der Waals surface area contributed by atoms with Crippen molar-refractivity contribution in [3.63, 3.8) is 0 Å². The van der Waals surface area contributed by atoms with Crippen LogP contribution in [0.25, 0.3) is 10.8 Å². The van der Waals surface area contributed by atoms with Gasteiger partial charge < -0.3 is 10.1 Å². The Hall–Kier alpha value is -2.33. The number of nitrogens with one attached hydrogen (secondary N) is 1. The fourth-order valence-corrected chi connectivity index (χ4v) is 2.94. The summed E-state index contributed by atoms with van der Waals surface area (Å²) < 4.78 is 6.40. The molecule has 23 heavy (non-hydrogen) atoms. The monoisotopic (exact) mass is 369 g/mol. The lowest BCUT2D eigenvalue weighted by atomic mass is 10.1. The Kier molecular flexibility index (Phi) is 4.63. The Morgan fingerprint density at radius 3 is 2.61 bits per heavy atom. The Labute approximate surface area is 143 Å². The highest BCUT2D eigenvalue weighted by atomic mass is 79.9. The highest BCUT2D eigenvalue weighted by Gasteiger charge is 2.07. The second-order valence-corrected chi connectivity index (χ2v) is 6.19. The van der Waals surface area contributed by atoms with Crippen molar-refractivity contribution in [1.82, 2.24) is 0 Å². The van der Waals surface area contributed by atoms with E-state index in [4.69, 9.17) is 4.74 Å². The number of halogens is 1. The fraction of sp³-hybridized carbons (Fsp3) is 0.105. The molecule has 3 aromatic rings. The summed E-state index contributed by atoms with van der Waals surface area (Å²) in [4.78, 5) is 12.0. The number of carbonyl (C=O) groups is 1. The minimum absolute atomic E-state index is 0.0332. The molecule has 0 fully saturated rings. The third-order valence-corrected chi connectivity index (χ3v) is 4.10. The summed E-state index contributed by atoms with van der Waals surface area (Å²) in [5, 5.41) is 5.09. The zero-order chi connectivity index (χ0) is 16.2. The van der Waals surface area contributed by atoms with Crippen LogP contribution in [0.3, 0.4) is 0 Å². The van der Waals surface area contributed by atoms with Crippen LogP contribution >= 0.6 is 15.9 Å². The first-order valence-corrected chi connectivity index (χ1v) is 8.09. The number of rotatable bonds is 4. The molecule has 0 saturated heterocycles. The van der Waals surface area contributed by atoms with Gasteiger partial charge in [-0.15, -0.1) is 0 Å². The van der Waals surface area contributed by atoms with Gasteiger partial charge in [0.15, 0.2) is 6.61 Å². The van der Waals surface area contributed by atoms with E-state index in [1.807, 2.05) is 67.6 Å². The van der Waals surface area contributed by atoms with Crippen LogP contribution in [-0.2, 0) is 4.79 Å². The lowest BCUT2D eigenvalue weighted by Crippen LogP contribution is -2.20. The van der Waals surface area contributed by atoms with Crippen molar-refractivity contribution in [2.75, 3.05) is 11.9 Å². The number of benzene rings is 3. The zero-order valence-corrected chi connectivity index (χ0v) is 14.3. The van der Waals surface area contributed by atoms with Crippen molar-refractivity contribution in [3.8, 4) is 5.75 Å². The molecule has 116 valence electrons. The van der Waals surface area contributed by atoms with E-state index in [-0.39, 0.29) is 12.5 Å². The van der Waals surface area contributed by atoms with Crippen LogP contribution in [0.15, 0.2) is 65.1 Å². The summed E-state index contributed by atoms with van der Waals surface area (Å²) in [6.07, 6.45) is 0. The van der Waals surface area contributed by atoms with Gasteiger partial charge in [-0.1, -0.05) is 36.4 Å². The van der Waals surface area contributed by atoms with Gasteiger partial charge in [0.05, 0.1) is 4.47 Å². The van der Waals surface area contributed by atoms with Gasteiger partial charge in [0, 0.05) is 5.69 Å². The van der Waals surface area contributed by atoms with Gasteiger partial charge in [0.2, 0.25) is 0 Å². The second-order valence-electron chi connectivity index (χ2n) is 5.33. The predicted molar refractivity (Wildman–Crippen MR) is 97.0 cm³/mol. The lowest BCUT2D eigenvalue weighted by molar-refractivity contribution is -0.118. The number of anilines is 1. The van der Waals surface area contributed by atoms with Crippen molar-refractivity contribution < 1.29 is 9.53 Å². The molecule has 3 nitrogen and oxygen atoms in total. The van der Waals surface area contributed by atoms with Gasteiger partial charge in [-0.05, 0) is 63.5 Å². The minimum atomic E-state index is -0.187. The van der Waals surface area contributed by atoms with E-state index in [0.29, 0.717) is 5.75 Å². The zero-order valence-electron chi connectivity index (χ0n) is 12.7. The molecular weight excluding hydrogens is 354 g/mol. The molecule has 0 heterocycles. The summed E-state index contributed by atoms with van der Waals surface area (Å²) in [6.45, 7) is 1.97. The van der Waals surface area contributed by atoms with Crippen LogP contribution in [-0.4, -0.2) is 12.5 Å². The van der Waals surface area contributed by atoms with E-state index in [1.165, 1.54) is 0 Å². The number of carbonyl (C=O) groups excluding carboxylic acids is 1. The van der Waals surface area contributed by atoms with Crippen molar-refractivity contribution in [1.29, 1.82) is 0 Å². The molecule has 1 amide bonds. The molecule has 0 bridgehead atoms. The molecule has 0 aromatic heterocycles. The van der Waals surface area contributed by atoms with Gasteiger partial charge in [-0.3, -0.25) is 4.79 Å². The summed E-state index contributed by atoms with van der Waals surface area (Å²) in [5.74, 6) is 0.469. The highest BCUT2D eigenvalue weighted by molar-refractivity contribution is 9.10. The van der Waals surface area contributed by atoms with Gasteiger partial charge in [-0.25, -0.2) is 0 Å². The molecule has 0 aliphatic heterocycles. The Morgan fingerprint density at radius 1 is 1.04 bits per heavy atom. The predicted octanol–water partition coefficient (Wildman–Crippen LogP) is 4.93. The number of amides is 1. The third kappa shape index (κ3) is 3.90. The van der Waals surface area contributed by atoms with Gasteiger partial charge >= 0.3 is 0 Å². The van der Waals surface area contributed by atoms with Crippen LogP contribution in [0.1, 0.15) is 5.56 Å². The van der Waals surface area contributed by atoms with E-state index < -0.39 is 0 Å². The van der Waals surface area contributed by atoms with Crippen molar-refractivity contribution in [2.24, 2.45) is 0 Å². The molecule has 0 aliphatic carbocycles. The van der Waals surface area contributed by atoms with E-state index in [2.05, 4.69) is 21.2 Å². The molecule has 0 aliphatic rings. The maximum absolute atomic E-state index is 12.0. The fourth-order valence-electron chi connectivity index (χ4n) is 2.33. The van der Waals surface area contributed by atoms with E-state index >= 15 is 0 Å². The standard InChI is InChI=1S/C19H16BrNO2/c1-13-6-9-18(17(20)10-13)23-12-19(22)21-16-8-7-14-4-2-3-5-15(14)11-16/h2-11H,12H2,1H3,(H,21,22). The average molecular weight is 370 g/mol. The minimum Gasteiger partial charge on any atom is -0.483 e. The second kappa shape index (κ2) is 6.84. The smallest absolute Gasteiger partial charge is 0.262 e. The highest BCUT2D eigenvalue weighted by Crippen LogP contribution is 2.25. The van der Waals surface area contributed by atoms with Crippen LogP contribution in [0.2, 0.25) is 0 Å². The van der Waals surface area contributed by atoms with Crippen LogP contribution in [0, 0.1) is 6.92 Å². The largest absolute Gasteiger partial charge is 0.483 e. The van der Waals surface area contributed by atoms with Crippen LogP contribution < -0.4 is 10.1 Å². The Morgan fingerprint density at radius 2 is 1.83 bits per heavy atom. The number of ether oxygens (including phenoxy) is 1. The maximum Gasteiger partial charge on any atom is 0.262 e. The first-order valence-electron chi connectivity index (χ1n) is 7.29. The summed E-state index contributed by atoms with van der Waals surface area (Å²) in [6, 6.07) is 19.6. The van der Waals surface area contributed by atoms with E-state index in [0.717, 1.165) is 26.5 Å². The molecule has 4 heteroatoms. The third-order valence-electron chi connectivity index (χ3n) is 3.48. The molecule has 0 radical (unpaired) electrons. The topological polar surface area (TPSA) is 38.3 Å². The first kappa shape index (κ1) is 15.6. The molecular formula is C19H16BrNO2. The lowest BCUT2D eigenvalue weighted by Gasteiger charge is -2.10. The summed E-state index contributed by atoms with van der Waals surface area (Å²) >= 11 is 3.43. The van der Waals surface area contributed by atoms with E-state index in [9.17, 15) is 4.79 Å². The number of fused-ring (bicyclic) bond motifs is 1. The van der Waals surface area contributed by atoms with Crippen LogP contribution in [0.5, 0.6) is 5.75 Å². The summed E-state index contributed by atoms with van der Waals surface area (Å²) in [7, 11) is 0. The van der Waals surface area contributed by atoms with Crippen LogP contribution in [0.4, 0.5) is 5.69 Å². The quantitative estimate of drug-likeness (QED) is 0.707.